The molecule has 0 aliphatic rings. The van der Waals surface area contributed by atoms with Crippen molar-refractivity contribution in [1.82, 2.24) is 19.9 Å². The molecule has 12 heteroatoms. The second kappa shape index (κ2) is 9.67. The highest BCUT2D eigenvalue weighted by Crippen LogP contribution is 2.21. The van der Waals surface area contributed by atoms with E-state index in [-0.39, 0.29) is 23.3 Å². The van der Waals surface area contributed by atoms with E-state index in [9.17, 15) is 20.2 Å². The topological polar surface area (TPSA) is 190 Å². The normalized spacial score (nSPS) is 10.0. The SMILES string of the molecule is Nc1nccc(-c2ccc([N+](=O)[O-])cc2)n1.Nc1nccc(-c2ccc([N+](=O)[O-])cc2)n1. The van der Waals surface area contributed by atoms with Gasteiger partial charge in [-0.25, -0.2) is 19.9 Å². The van der Waals surface area contributed by atoms with Crippen LogP contribution in [-0.4, -0.2) is 29.8 Å². The second-order valence-electron chi connectivity index (χ2n) is 6.21. The molecule has 4 aromatic rings. The van der Waals surface area contributed by atoms with Crippen molar-refractivity contribution in [1.29, 1.82) is 0 Å². The molecule has 0 spiro atoms. The average molecular weight is 432 g/mol. The molecule has 0 saturated carbocycles. The van der Waals surface area contributed by atoms with Crippen molar-refractivity contribution < 1.29 is 9.85 Å². The molecule has 0 bridgehead atoms. The highest BCUT2D eigenvalue weighted by atomic mass is 16.6. The molecular formula is C20H16N8O4. The Morgan fingerprint density at radius 3 is 1.22 bits per heavy atom. The number of nitro groups is 2. The van der Waals surface area contributed by atoms with Gasteiger partial charge in [0.05, 0.1) is 21.2 Å². The van der Waals surface area contributed by atoms with Crippen LogP contribution in [-0.2, 0) is 0 Å². The molecule has 2 aromatic heterocycles. The lowest BCUT2D eigenvalue weighted by Gasteiger charge is -2.00. The van der Waals surface area contributed by atoms with E-state index in [0.717, 1.165) is 11.1 Å². The third-order valence-electron chi connectivity index (χ3n) is 4.10. The summed E-state index contributed by atoms with van der Waals surface area (Å²) < 4.78 is 0. The summed E-state index contributed by atoms with van der Waals surface area (Å²) in [5.41, 5.74) is 13.8. The van der Waals surface area contributed by atoms with Gasteiger partial charge in [-0.2, -0.15) is 0 Å². The molecule has 160 valence electrons. The summed E-state index contributed by atoms with van der Waals surface area (Å²) in [6.45, 7) is 0. The van der Waals surface area contributed by atoms with Crippen LogP contribution in [0.25, 0.3) is 22.5 Å². The number of nitrogens with zero attached hydrogens (tertiary/aromatic N) is 6. The Morgan fingerprint density at radius 1 is 0.594 bits per heavy atom. The van der Waals surface area contributed by atoms with Gasteiger partial charge in [0.15, 0.2) is 0 Å². The second-order valence-corrected chi connectivity index (χ2v) is 6.21. The Labute approximate surface area is 180 Å². The maximum Gasteiger partial charge on any atom is 0.269 e. The van der Waals surface area contributed by atoms with Gasteiger partial charge in [-0.1, -0.05) is 0 Å². The Hall–Kier alpha value is -5.00. The van der Waals surface area contributed by atoms with Crippen molar-refractivity contribution in [3.8, 4) is 22.5 Å². The third-order valence-corrected chi connectivity index (χ3v) is 4.10. The largest absolute Gasteiger partial charge is 0.368 e. The standard InChI is InChI=1S/2C10H8N4O2/c2*11-10-12-6-5-9(13-10)7-1-3-8(4-2-7)14(15)16/h2*1-6H,(H2,11,12,13). The van der Waals surface area contributed by atoms with Crippen LogP contribution in [0.15, 0.2) is 73.1 Å². The molecular weight excluding hydrogens is 416 g/mol. The van der Waals surface area contributed by atoms with Crippen LogP contribution in [0.4, 0.5) is 23.3 Å². The summed E-state index contributed by atoms with van der Waals surface area (Å²) in [5.74, 6) is 0.353. The van der Waals surface area contributed by atoms with Gasteiger partial charge < -0.3 is 11.5 Å². The fraction of sp³-hybridized carbons (Fsp3) is 0. The molecule has 2 heterocycles. The molecule has 0 aliphatic carbocycles. The number of non-ortho nitro benzene ring substituents is 2. The number of anilines is 2. The first kappa shape index (κ1) is 21.7. The number of nitro benzene ring substituents is 2. The predicted octanol–water partition coefficient (Wildman–Crippen LogP) is 3.27. The zero-order valence-electron chi connectivity index (χ0n) is 16.4. The molecule has 0 amide bonds. The summed E-state index contributed by atoms with van der Waals surface area (Å²) >= 11 is 0. The molecule has 0 fully saturated rings. The van der Waals surface area contributed by atoms with E-state index >= 15 is 0 Å². The molecule has 32 heavy (non-hydrogen) atoms. The molecule has 0 unspecified atom stereocenters. The molecule has 12 nitrogen and oxygen atoms in total. The van der Waals surface area contributed by atoms with Gasteiger partial charge in [0.2, 0.25) is 11.9 Å². The minimum Gasteiger partial charge on any atom is -0.368 e. The molecule has 2 aromatic carbocycles. The Kier molecular flexibility index (Phi) is 6.56. The summed E-state index contributed by atoms with van der Waals surface area (Å²) in [4.78, 5) is 35.6. The number of nitrogens with two attached hydrogens (primary N) is 2. The van der Waals surface area contributed by atoms with Crippen molar-refractivity contribution in [2.45, 2.75) is 0 Å². The van der Waals surface area contributed by atoms with E-state index in [0.29, 0.717) is 11.4 Å². The first-order chi connectivity index (χ1) is 15.3. The van der Waals surface area contributed by atoms with Crippen molar-refractivity contribution in [3.05, 3.63) is 93.3 Å². The molecule has 0 atom stereocenters. The van der Waals surface area contributed by atoms with Crippen molar-refractivity contribution in [2.75, 3.05) is 11.5 Å². The van der Waals surface area contributed by atoms with Crippen LogP contribution in [0.3, 0.4) is 0 Å². The van der Waals surface area contributed by atoms with Crippen LogP contribution in [0, 0.1) is 20.2 Å². The minimum absolute atomic E-state index is 0.0470. The molecule has 4 rings (SSSR count). The quantitative estimate of drug-likeness (QED) is 0.357. The zero-order chi connectivity index (χ0) is 23.1. The Bertz CT molecular complexity index is 1150. The van der Waals surface area contributed by atoms with Crippen LogP contribution in [0.2, 0.25) is 0 Å². The van der Waals surface area contributed by atoms with Gasteiger partial charge in [0.1, 0.15) is 0 Å². The van der Waals surface area contributed by atoms with Crippen LogP contribution < -0.4 is 11.5 Å². The minimum atomic E-state index is -0.446. The van der Waals surface area contributed by atoms with E-state index in [4.69, 9.17) is 11.5 Å². The lowest BCUT2D eigenvalue weighted by Crippen LogP contribution is -1.95. The highest BCUT2D eigenvalue weighted by molar-refractivity contribution is 5.62. The lowest BCUT2D eigenvalue weighted by molar-refractivity contribution is -0.385. The van der Waals surface area contributed by atoms with Crippen LogP contribution >= 0.6 is 0 Å². The average Bonchev–Trinajstić information content (AvgIpc) is 2.80. The Morgan fingerprint density at radius 2 is 0.938 bits per heavy atom. The monoisotopic (exact) mass is 432 g/mol. The van der Waals surface area contributed by atoms with Crippen LogP contribution in [0.1, 0.15) is 0 Å². The van der Waals surface area contributed by atoms with Gasteiger partial charge in [0, 0.05) is 47.8 Å². The number of hydrogen-bond donors (Lipinski definition) is 2. The maximum atomic E-state index is 10.5. The Balaban J connectivity index is 0.000000181. The summed E-state index contributed by atoms with van der Waals surface area (Å²) in [6, 6.07) is 15.6. The number of nitrogen functional groups attached to an aromatic ring is 2. The van der Waals surface area contributed by atoms with E-state index < -0.39 is 9.85 Å². The van der Waals surface area contributed by atoms with E-state index in [2.05, 4.69) is 19.9 Å². The fourth-order valence-electron chi connectivity index (χ4n) is 2.58. The predicted molar refractivity (Wildman–Crippen MR) is 117 cm³/mol. The van der Waals surface area contributed by atoms with Crippen molar-refractivity contribution >= 4 is 23.3 Å². The maximum absolute atomic E-state index is 10.5. The van der Waals surface area contributed by atoms with Gasteiger partial charge in [-0.15, -0.1) is 0 Å². The van der Waals surface area contributed by atoms with E-state index in [1.165, 1.54) is 24.3 Å². The zero-order valence-corrected chi connectivity index (χ0v) is 16.4. The lowest BCUT2D eigenvalue weighted by atomic mass is 10.1. The van der Waals surface area contributed by atoms with Crippen molar-refractivity contribution in [2.24, 2.45) is 0 Å². The number of rotatable bonds is 4. The first-order valence-electron chi connectivity index (χ1n) is 9.00. The fourth-order valence-corrected chi connectivity index (χ4v) is 2.58. The summed E-state index contributed by atoms with van der Waals surface area (Å²) in [5, 5.41) is 20.9. The van der Waals surface area contributed by atoms with E-state index in [1.54, 1.807) is 48.8 Å². The smallest absolute Gasteiger partial charge is 0.269 e. The number of benzene rings is 2. The summed E-state index contributed by atoms with van der Waals surface area (Å²) in [7, 11) is 0. The first-order valence-corrected chi connectivity index (χ1v) is 9.00. The van der Waals surface area contributed by atoms with E-state index in [1.807, 2.05) is 0 Å². The number of aromatic nitrogens is 4. The third kappa shape index (κ3) is 5.54. The molecule has 0 aliphatic heterocycles. The van der Waals surface area contributed by atoms with Gasteiger partial charge in [-0.05, 0) is 36.4 Å². The van der Waals surface area contributed by atoms with Crippen molar-refractivity contribution in [3.63, 3.8) is 0 Å². The molecule has 0 radical (unpaired) electrons. The molecule has 0 saturated heterocycles. The van der Waals surface area contributed by atoms with Gasteiger partial charge in [0.25, 0.3) is 11.4 Å². The van der Waals surface area contributed by atoms with Gasteiger partial charge in [-0.3, -0.25) is 20.2 Å². The van der Waals surface area contributed by atoms with Gasteiger partial charge >= 0.3 is 0 Å². The number of hydrogen-bond acceptors (Lipinski definition) is 10. The summed E-state index contributed by atoms with van der Waals surface area (Å²) in [6.07, 6.45) is 3.08. The van der Waals surface area contributed by atoms with Crippen LogP contribution in [0.5, 0.6) is 0 Å². The highest BCUT2D eigenvalue weighted by Gasteiger charge is 2.07. The molecule has 4 N–H and O–H groups in total.